The van der Waals surface area contributed by atoms with Gasteiger partial charge in [-0.1, -0.05) is 47.1 Å². The number of nitrogens with zero attached hydrogens (tertiary/aromatic N) is 1. The molecular formula is C17H11ClFNO2S. The van der Waals surface area contributed by atoms with E-state index in [0.717, 1.165) is 10.1 Å². The van der Waals surface area contributed by atoms with E-state index < -0.39 is 5.97 Å². The lowest BCUT2D eigenvalue weighted by Gasteiger charge is -2.00. The lowest BCUT2D eigenvalue weighted by molar-refractivity contribution is 0.0522. The van der Waals surface area contributed by atoms with Gasteiger partial charge in [0, 0.05) is 10.1 Å². The minimum absolute atomic E-state index is 0.309. The highest BCUT2D eigenvalue weighted by Crippen LogP contribution is 2.35. The van der Waals surface area contributed by atoms with Crippen LogP contribution in [0.25, 0.3) is 10.1 Å². The van der Waals surface area contributed by atoms with Crippen LogP contribution < -0.4 is 0 Å². The third-order valence-corrected chi connectivity index (χ3v) is 4.90. The second-order valence-corrected chi connectivity index (χ2v) is 6.23. The van der Waals surface area contributed by atoms with Gasteiger partial charge in [-0.05, 0) is 30.7 Å². The van der Waals surface area contributed by atoms with Crippen LogP contribution in [-0.2, 0) is 4.84 Å². The van der Waals surface area contributed by atoms with E-state index in [9.17, 15) is 9.18 Å². The summed E-state index contributed by atoms with van der Waals surface area (Å²) in [7, 11) is 0. The van der Waals surface area contributed by atoms with Gasteiger partial charge in [-0.25, -0.2) is 9.18 Å². The lowest BCUT2D eigenvalue weighted by Crippen LogP contribution is -2.02. The highest BCUT2D eigenvalue weighted by Gasteiger charge is 2.18. The van der Waals surface area contributed by atoms with Gasteiger partial charge >= 0.3 is 5.97 Å². The molecule has 0 spiro atoms. The molecule has 23 heavy (non-hydrogen) atoms. The second kappa shape index (κ2) is 6.48. The number of rotatable bonds is 3. The maximum Gasteiger partial charge on any atom is 0.377 e. The number of hydrogen-bond donors (Lipinski definition) is 0. The molecule has 0 atom stereocenters. The van der Waals surface area contributed by atoms with Gasteiger partial charge in [0.25, 0.3) is 0 Å². The average Bonchev–Trinajstić information content (AvgIpc) is 2.90. The zero-order valence-electron chi connectivity index (χ0n) is 12.0. The van der Waals surface area contributed by atoms with E-state index in [-0.39, 0.29) is 5.82 Å². The third kappa shape index (κ3) is 3.25. The fraction of sp³-hybridized carbons (Fsp3) is 0.0588. The Morgan fingerprint density at radius 2 is 1.87 bits per heavy atom. The van der Waals surface area contributed by atoms with Crippen molar-refractivity contribution in [3.63, 3.8) is 0 Å². The summed E-state index contributed by atoms with van der Waals surface area (Å²) in [6.07, 6.45) is 0. The van der Waals surface area contributed by atoms with Gasteiger partial charge in [0.1, 0.15) is 10.7 Å². The number of carbonyl (C=O) groups excluding carboxylic acids is 1. The molecule has 0 saturated carbocycles. The summed E-state index contributed by atoms with van der Waals surface area (Å²) in [4.78, 5) is 17.4. The van der Waals surface area contributed by atoms with Crippen LogP contribution in [0.15, 0.2) is 53.7 Å². The van der Waals surface area contributed by atoms with Crippen molar-refractivity contribution >= 4 is 44.7 Å². The Morgan fingerprint density at radius 3 is 2.57 bits per heavy atom. The van der Waals surface area contributed by atoms with Crippen molar-refractivity contribution in [3.8, 4) is 0 Å². The van der Waals surface area contributed by atoms with E-state index in [2.05, 4.69) is 5.16 Å². The fourth-order valence-electron chi connectivity index (χ4n) is 2.04. The van der Waals surface area contributed by atoms with Gasteiger partial charge in [0.15, 0.2) is 0 Å². The van der Waals surface area contributed by atoms with Gasteiger partial charge in [0.2, 0.25) is 0 Å². The van der Waals surface area contributed by atoms with Crippen molar-refractivity contribution in [3.05, 3.63) is 69.8 Å². The third-order valence-electron chi connectivity index (χ3n) is 3.25. The quantitative estimate of drug-likeness (QED) is 0.367. The molecule has 0 unspecified atom stereocenters. The van der Waals surface area contributed by atoms with Gasteiger partial charge in [-0.2, -0.15) is 0 Å². The molecule has 3 nitrogen and oxygen atoms in total. The van der Waals surface area contributed by atoms with Crippen LogP contribution in [0, 0.1) is 5.82 Å². The SMILES string of the molecule is C/C(=N/OC(=O)c1sc2ccccc2c1Cl)c1ccc(F)cc1. The summed E-state index contributed by atoms with van der Waals surface area (Å²) < 4.78 is 13.8. The average molecular weight is 348 g/mol. The van der Waals surface area contributed by atoms with Gasteiger partial charge in [-0.3, -0.25) is 0 Å². The first-order valence-electron chi connectivity index (χ1n) is 6.75. The molecular weight excluding hydrogens is 337 g/mol. The molecule has 0 bridgehead atoms. The van der Waals surface area contributed by atoms with Crippen LogP contribution in [0.2, 0.25) is 5.02 Å². The zero-order valence-corrected chi connectivity index (χ0v) is 13.6. The number of carbonyl (C=O) groups is 1. The van der Waals surface area contributed by atoms with Crippen LogP contribution >= 0.6 is 22.9 Å². The second-order valence-electron chi connectivity index (χ2n) is 4.80. The van der Waals surface area contributed by atoms with Gasteiger partial charge in [-0.15, -0.1) is 11.3 Å². The summed E-state index contributed by atoms with van der Waals surface area (Å²) in [6.45, 7) is 1.67. The molecule has 0 fully saturated rings. The van der Waals surface area contributed by atoms with E-state index in [0.29, 0.717) is 21.2 Å². The number of halogens is 2. The van der Waals surface area contributed by atoms with Crippen LogP contribution in [0.3, 0.4) is 0 Å². The highest BCUT2D eigenvalue weighted by atomic mass is 35.5. The molecule has 1 heterocycles. The van der Waals surface area contributed by atoms with Gasteiger partial charge < -0.3 is 4.84 Å². The van der Waals surface area contributed by atoms with Crippen molar-refractivity contribution in [1.29, 1.82) is 0 Å². The Labute approximate surface area is 140 Å². The first-order chi connectivity index (χ1) is 11.1. The molecule has 0 amide bonds. The van der Waals surface area contributed by atoms with E-state index in [4.69, 9.17) is 16.4 Å². The summed E-state index contributed by atoms with van der Waals surface area (Å²) in [5.41, 5.74) is 1.14. The number of fused-ring (bicyclic) bond motifs is 1. The van der Waals surface area contributed by atoms with Crippen LogP contribution in [0.1, 0.15) is 22.2 Å². The first-order valence-corrected chi connectivity index (χ1v) is 7.94. The van der Waals surface area contributed by atoms with Crippen LogP contribution in [0.5, 0.6) is 0 Å². The van der Waals surface area contributed by atoms with Crippen molar-refractivity contribution in [2.24, 2.45) is 5.16 Å². The molecule has 3 rings (SSSR count). The Hall–Kier alpha value is -2.24. The van der Waals surface area contributed by atoms with Crippen LogP contribution in [-0.4, -0.2) is 11.7 Å². The van der Waals surface area contributed by atoms with E-state index in [1.54, 1.807) is 19.1 Å². The summed E-state index contributed by atoms with van der Waals surface area (Å²) in [5, 5.41) is 4.98. The predicted octanol–water partition coefficient (Wildman–Crippen LogP) is 5.27. The Bertz CT molecular complexity index is 903. The molecule has 0 saturated heterocycles. The lowest BCUT2D eigenvalue weighted by atomic mass is 10.1. The highest BCUT2D eigenvalue weighted by molar-refractivity contribution is 7.21. The van der Waals surface area contributed by atoms with E-state index in [1.165, 1.54) is 23.5 Å². The fourth-order valence-corrected chi connectivity index (χ4v) is 3.42. The summed E-state index contributed by atoms with van der Waals surface area (Å²) >= 11 is 7.48. The predicted molar refractivity (Wildman–Crippen MR) is 90.9 cm³/mol. The van der Waals surface area contributed by atoms with Crippen molar-refractivity contribution < 1.29 is 14.0 Å². The number of hydrogen-bond acceptors (Lipinski definition) is 4. The Kier molecular flexibility index (Phi) is 4.41. The Balaban J connectivity index is 1.81. The molecule has 0 aliphatic carbocycles. The minimum atomic E-state index is -0.613. The summed E-state index contributed by atoms with van der Waals surface area (Å²) in [5.74, 6) is -0.951. The molecule has 2 aromatic carbocycles. The monoisotopic (exact) mass is 347 g/mol. The van der Waals surface area contributed by atoms with Gasteiger partial charge in [0.05, 0.1) is 10.7 Å². The standard InChI is InChI=1S/C17H11ClFNO2S/c1-10(11-6-8-12(19)9-7-11)20-22-17(21)16-15(18)13-4-2-3-5-14(13)23-16/h2-9H,1H3/b20-10-. The maximum atomic E-state index is 12.9. The molecule has 0 radical (unpaired) electrons. The Morgan fingerprint density at radius 1 is 1.17 bits per heavy atom. The number of benzene rings is 2. The molecule has 0 N–H and O–H groups in total. The smallest absolute Gasteiger partial charge is 0.312 e. The normalized spacial score (nSPS) is 11.7. The van der Waals surface area contributed by atoms with E-state index >= 15 is 0 Å². The van der Waals surface area contributed by atoms with Crippen molar-refractivity contribution in [2.45, 2.75) is 6.92 Å². The number of oxime groups is 1. The topological polar surface area (TPSA) is 38.7 Å². The number of thiophene rings is 1. The maximum absolute atomic E-state index is 12.9. The molecule has 0 aliphatic heterocycles. The van der Waals surface area contributed by atoms with Crippen molar-refractivity contribution in [1.82, 2.24) is 0 Å². The minimum Gasteiger partial charge on any atom is -0.312 e. The molecule has 116 valence electrons. The first kappa shape index (κ1) is 15.6. The van der Waals surface area contributed by atoms with Crippen LogP contribution in [0.4, 0.5) is 4.39 Å². The zero-order chi connectivity index (χ0) is 16.4. The molecule has 3 aromatic rings. The largest absolute Gasteiger partial charge is 0.377 e. The van der Waals surface area contributed by atoms with Crippen molar-refractivity contribution in [2.75, 3.05) is 0 Å². The molecule has 6 heteroatoms. The molecule has 0 aliphatic rings. The molecule has 1 aromatic heterocycles. The van der Waals surface area contributed by atoms with E-state index in [1.807, 2.05) is 24.3 Å². The summed E-state index contributed by atoms with van der Waals surface area (Å²) in [6, 6.07) is 13.2.